The lowest BCUT2D eigenvalue weighted by Crippen LogP contribution is -2.30. The van der Waals surface area contributed by atoms with Crippen molar-refractivity contribution < 1.29 is 22.4 Å². The van der Waals surface area contributed by atoms with Crippen molar-refractivity contribution >= 4 is 21.7 Å². The van der Waals surface area contributed by atoms with Crippen LogP contribution in [0.25, 0.3) is 0 Å². The number of benzene rings is 1. The minimum absolute atomic E-state index is 0.0183. The van der Waals surface area contributed by atoms with Crippen molar-refractivity contribution in [3.8, 4) is 0 Å². The lowest BCUT2D eigenvalue weighted by molar-refractivity contribution is -0.184. The average Bonchev–Trinajstić information content (AvgIpc) is 2.41. The van der Waals surface area contributed by atoms with E-state index >= 15 is 0 Å². The molecule has 1 fully saturated rings. The molecule has 1 aliphatic rings. The van der Waals surface area contributed by atoms with Crippen molar-refractivity contribution in [2.45, 2.75) is 38.3 Å². The van der Waals surface area contributed by atoms with Crippen LogP contribution in [-0.4, -0.2) is 12.0 Å². The van der Waals surface area contributed by atoms with Crippen LogP contribution in [0.2, 0.25) is 0 Å². The molecule has 0 atom stereocenters. The van der Waals surface area contributed by atoms with E-state index in [9.17, 15) is 22.4 Å². The highest BCUT2D eigenvalue weighted by Crippen LogP contribution is 2.40. The first-order chi connectivity index (χ1) is 9.77. The fraction of sp³-hybridized carbons (Fsp3) is 0.533. The Balaban J connectivity index is 1.93. The molecule has 0 aromatic heterocycles. The third kappa shape index (κ3) is 4.28. The molecule has 0 aliphatic heterocycles. The third-order valence-electron chi connectivity index (χ3n) is 4.03. The van der Waals surface area contributed by atoms with Crippen molar-refractivity contribution in [2.24, 2.45) is 11.8 Å². The molecular weight excluding hydrogens is 352 g/mol. The van der Waals surface area contributed by atoms with Gasteiger partial charge in [-0.2, -0.15) is 13.2 Å². The number of ketones is 1. The summed E-state index contributed by atoms with van der Waals surface area (Å²) in [6, 6.07) is 4.08. The Hall–Kier alpha value is -0.910. The molecule has 116 valence electrons. The van der Waals surface area contributed by atoms with E-state index in [1.807, 2.05) is 0 Å². The van der Waals surface area contributed by atoms with Gasteiger partial charge in [0.05, 0.1) is 5.92 Å². The van der Waals surface area contributed by atoms with Crippen LogP contribution >= 0.6 is 15.9 Å². The number of rotatable bonds is 3. The lowest BCUT2D eigenvalue weighted by Gasteiger charge is -2.29. The highest BCUT2D eigenvalue weighted by molar-refractivity contribution is 9.10. The van der Waals surface area contributed by atoms with Crippen LogP contribution in [0, 0.1) is 17.7 Å². The molecule has 1 aromatic carbocycles. The summed E-state index contributed by atoms with van der Waals surface area (Å²) < 4.78 is 51.2. The molecule has 0 bridgehead atoms. The number of alkyl halides is 3. The molecule has 0 unspecified atom stereocenters. The maximum Gasteiger partial charge on any atom is 0.391 e. The van der Waals surface area contributed by atoms with Crippen molar-refractivity contribution in [3.05, 3.63) is 34.1 Å². The minimum Gasteiger partial charge on any atom is -0.299 e. The van der Waals surface area contributed by atoms with E-state index in [0.717, 1.165) is 0 Å². The number of carbonyl (C=O) groups is 1. The zero-order valence-corrected chi connectivity index (χ0v) is 12.8. The molecular formula is C15H15BrF4O. The molecule has 0 radical (unpaired) electrons. The number of carbonyl (C=O) groups excluding carboxylic acids is 1. The van der Waals surface area contributed by atoms with E-state index < -0.39 is 17.9 Å². The second kappa shape index (κ2) is 6.46. The normalized spacial score (nSPS) is 23.1. The molecule has 0 N–H and O–H groups in total. The second-order valence-electron chi connectivity index (χ2n) is 5.47. The summed E-state index contributed by atoms with van der Waals surface area (Å²) in [5.41, 5.74) is 0.666. The molecule has 0 heterocycles. The summed E-state index contributed by atoms with van der Waals surface area (Å²) in [4.78, 5) is 12.2. The lowest BCUT2D eigenvalue weighted by atomic mass is 9.78. The summed E-state index contributed by atoms with van der Waals surface area (Å²) in [6.07, 6.45) is -3.44. The number of hydrogen-bond acceptors (Lipinski definition) is 1. The Labute approximate surface area is 128 Å². The van der Waals surface area contributed by atoms with Gasteiger partial charge in [-0.25, -0.2) is 4.39 Å². The highest BCUT2D eigenvalue weighted by Gasteiger charge is 2.42. The standard InChI is InChI=1S/C15H15BrF4O/c16-13-8-12(17)6-3-10(13)7-14(21)9-1-4-11(5-2-9)15(18,19)20/h3,6,8-9,11H,1-2,4-5,7H2. The van der Waals surface area contributed by atoms with Crippen LogP contribution in [0.5, 0.6) is 0 Å². The Morgan fingerprint density at radius 2 is 1.81 bits per heavy atom. The largest absolute Gasteiger partial charge is 0.391 e. The quantitative estimate of drug-likeness (QED) is 0.682. The fourth-order valence-electron chi connectivity index (χ4n) is 2.74. The van der Waals surface area contributed by atoms with Crippen LogP contribution in [0.3, 0.4) is 0 Å². The van der Waals surface area contributed by atoms with Crippen molar-refractivity contribution in [3.63, 3.8) is 0 Å². The SMILES string of the molecule is O=C(Cc1ccc(F)cc1Br)C1CCC(C(F)(F)F)CC1. The van der Waals surface area contributed by atoms with Gasteiger partial charge >= 0.3 is 6.18 Å². The fourth-order valence-corrected chi connectivity index (χ4v) is 3.23. The van der Waals surface area contributed by atoms with Gasteiger partial charge in [0.15, 0.2) is 0 Å². The van der Waals surface area contributed by atoms with Gasteiger partial charge in [0.2, 0.25) is 0 Å². The van der Waals surface area contributed by atoms with Crippen molar-refractivity contribution in [2.75, 3.05) is 0 Å². The zero-order chi connectivity index (χ0) is 15.6. The Bertz CT molecular complexity index is 519. The summed E-state index contributed by atoms with van der Waals surface area (Å²) in [7, 11) is 0. The van der Waals surface area contributed by atoms with E-state index in [0.29, 0.717) is 10.0 Å². The molecule has 1 saturated carbocycles. The minimum atomic E-state index is -4.16. The third-order valence-corrected chi connectivity index (χ3v) is 4.76. The van der Waals surface area contributed by atoms with Gasteiger partial charge in [-0.3, -0.25) is 4.79 Å². The molecule has 1 aliphatic carbocycles. The van der Waals surface area contributed by atoms with Gasteiger partial charge in [-0.05, 0) is 43.4 Å². The van der Waals surface area contributed by atoms with E-state index in [4.69, 9.17) is 0 Å². The Kier molecular flexibility index (Phi) is 5.07. The van der Waals surface area contributed by atoms with Crippen molar-refractivity contribution in [1.29, 1.82) is 0 Å². The zero-order valence-electron chi connectivity index (χ0n) is 11.2. The second-order valence-corrected chi connectivity index (χ2v) is 6.32. The van der Waals surface area contributed by atoms with E-state index in [1.165, 1.54) is 18.2 Å². The van der Waals surface area contributed by atoms with Crippen LogP contribution < -0.4 is 0 Å². The van der Waals surface area contributed by atoms with E-state index in [1.54, 1.807) is 0 Å². The molecule has 6 heteroatoms. The number of hydrogen-bond donors (Lipinski definition) is 0. The summed E-state index contributed by atoms with van der Waals surface area (Å²) >= 11 is 3.19. The molecule has 21 heavy (non-hydrogen) atoms. The first-order valence-corrected chi connectivity index (χ1v) is 7.60. The van der Waals surface area contributed by atoms with Gasteiger partial charge < -0.3 is 0 Å². The summed E-state index contributed by atoms with van der Waals surface area (Å²) in [5.74, 6) is -2.06. The van der Waals surface area contributed by atoms with E-state index in [2.05, 4.69) is 15.9 Å². The molecule has 0 amide bonds. The number of Topliss-reactive ketones (excluding diaryl/α,β-unsaturated/α-hetero) is 1. The van der Waals surface area contributed by atoms with Crippen LogP contribution in [-0.2, 0) is 11.2 Å². The van der Waals surface area contributed by atoms with Crippen LogP contribution in [0.15, 0.2) is 22.7 Å². The molecule has 0 spiro atoms. The highest BCUT2D eigenvalue weighted by atomic mass is 79.9. The first kappa shape index (κ1) is 16.5. The van der Waals surface area contributed by atoms with E-state index in [-0.39, 0.29) is 43.8 Å². The molecule has 1 nitrogen and oxygen atoms in total. The molecule has 0 saturated heterocycles. The first-order valence-electron chi connectivity index (χ1n) is 6.80. The Morgan fingerprint density at radius 1 is 1.19 bits per heavy atom. The van der Waals surface area contributed by atoms with Gasteiger partial charge in [-0.15, -0.1) is 0 Å². The maximum atomic E-state index is 13.0. The van der Waals surface area contributed by atoms with Gasteiger partial charge in [0.25, 0.3) is 0 Å². The van der Waals surface area contributed by atoms with Crippen molar-refractivity contribution in [1.82, 2.24) is 0 Å². The average molecular weight is 367 g/mol. The van der Waals surface area contributed by atoms with Crippen LogP contribution in [0.1, 0.15) is 31.2 Å². The van der Waals surface area contributed by atoms with Gasteiger partial charge in [-0.1, -0.05) is 22.0 Å². The summed E-state index contributed by atoms with van der Waals surface area (Å²) in [5, 5.41) is 0. The summed E-state index contributed by atoms with van der Waals surface area (Å²) in [6.45, 7) is 0. The number of halogens is 5. The van der Waals surface area contributed by atoms with Gasteiger partial charge in [0, 0.05) is 16.8 Å². The molecule has 2 rings (SSSR count). The van der Waals surface area contributed by atoms with Gasteiger partial charge in [0.1, 0.15) is 11.6 Å². The predicted molar refractivity (Wildman–Crippen MR) is 74.3 cm³/mol. The molecule has 1 aromatic rings. The predicted octanol–water partition coefficient (Wildman–Crippen LogP) is 5.07. The monoisotopic (exact) mass is 366 g/mol. The smallest absolute Gasteiger partial charge is 0.299 e. The maximum absolute atomic E-state index is 13.0. The van der Waals surface area contributed by atoms with Crippen LogP contribution in [0.4, 0.5) is 17.6 Å². The topological polar surface area (TPSA) is 17.1 Å². The Morgan fingerprint density at radius 3 is 2.33 bits per heavy atom.